The fraction of sp³-hybridized carbons (Fsp3) is 0.0556. The number of carbonyl (C=O) groups is 1. The Morgan fingerprint density at radius 3 is 1.84 bits per heavy atom. The summed E-state index contributed by atoms with van der Waals surface area (Å²) in [6.45, 7) is 0. The van der Waals surface area contributed by atoms with E-state index < -0.39 is 0 Å². The van der Waals surface area contributed by atoms with Crippen LogP contribution in [0, 0.1) is 0 Å². The van der Waals surface area contributed by atoms with E-state index in [1.54, 1.807) is 11.0 Å². The van der Waals surface area contributed by atoms with Crippen molar-refractivity contribution in [3.63, 3.8) is 0 Å². The van der Waals surface area contributed by atoms with E-state index >= 15 is 0 Å². The first-order valence-corrected chi connectivity index (χ1v) is 8.68. The lowest BCUT2D eigenvalue weighted by Crippen LogP contribution is -2.30. The maximum absolute atomic E-state index is 12.9. The molecular weight excluding hydrogens is 334 g/mol. The molecule has 3 rings (SSSR count). The van der Waals surface area contributed by atoms with Gasteiger partial charge in [-0.3, -0.25) is 15.4 Å². The van der Waals surface area contributed by atoms with Crippen LogP contribution in [-0.4, -0.2) is 11.7 Å². The summed E-state index contributed by atoms with van der Waals surface area (Å²) < 4.78 is 0. The molecule has 1 heterocycles. The van der Waals surface area contributed by atoms with Gasteiger partial charge in [-0.05, 0) is 36.0 Å². The van der Waals surface area contributed by atoms with Gasteiger partial charge >= 0.3 is 11.0 Å². The van der Waals surface area contributed by atoms with Gasteiger partial charge in [0.1, 0.15) is 6.07 Å². The molecule has 0 spiro atoms. The smallest absolute Gasteiger partial charge is 0.359 e. The molecule has 126 valence electrons. The number of para-hydroxylation sites is 2. The Hall–Kier alpha value is -3.06. The van der Waals surface area contributed by atoms with E-state index in [1.807, 2.05) is 60.7 Å². The van der Waals surface area contributed by atoms with Crippen LogP contribution in [0.4, 0.5) is 23.0 Å². The molecule has 0 unspecified atom stereocenters. The molecule has 0 saturated heterocycles. The first-order valence-electron chi connectivity index (χ1n) is 7.70. The van der Waals surface area contributed by atoms with Crippen LogP contribution < -0.4 is 26.3 Å². The van der Waals surface area contributed by atoms with Crippen molar-refractivity contribution in [3.8, 4) is 0 Å². The third-order valence-electron chi connectivity index (χ3n) is 3.44. The number of hydrogen-bond donors (Lipinski definition) is 2. The van der Waals surface area contributed by atoms with E-state index in [1.165, 1.54) is 11.8 Å². The van der Waals surface area contributed by atoms with Crippen LogP contribution >= 0.6 is 11.8 Å². The predicted molar refractivity (Wildman–Crippen MR) is 99.1 cm³/mol. The topological polar surface area (TPSA) is 101 Å². The first-order chi connectivity index (χ1) is 12.1. The number of carbonyl (C=O) groups excluding carboxylic acids is 1. The lowest BCUT2D eigenvalue weighted by Gasteiger charge is -2.22. The van der Waals surface area contributed by atoms with E-state index in [0.29, 0.717) is 16.8 Å². The number of amides is 1. The molecule has 0 aliphatic carbocycles. The highest BCUT2D eigenvalue weighted by molar-refractivity contribution is 7.99. The standard InChI is InChI=1S/C18H17N5OS/c19-15-11-16(20)22-18(21-15)25-12-17(24)23(13-7-3-1-4-8-13)14-9-5-2-6-10-14/h1-11H,12H2,(H4,19,20,21,22)/p+2. The molecule has 0 fully saturated rings. The number of nitrogens with zero attached hydrogens (tertiary/aromatic N) is 1. The maximum Gasteiger partial charge on any atom is 0.375 e. The van der Waals surface area contributed by atoms with Crippen LogP contribution in [0.15, 0.2) is 71.9 Å². The lowest BCUT2D eigenvalue weighted by atomic mass is 10.2. The van der Waals surface area contributed by atoms with Crippen molar-refractivity contribution >= 4 is 40.7 Å². The normalized spacial score (nSPS) is 10.4. The molecule has 6 nitrogen and oxygen atoms in total. The van der Waals surface area contributed by atoms with Gasteiger partial charge in [0.15, 0.2) is 0 Å². The zero-order chi connectivity index (χ0) is 17.6. The average molecular weight is 353 g/mol. The average Bonchev–Trinajstić information content (AvgIpc) is 2.61. The second-order valence-corrected chi connectivity index (χ2v) is 6.31. The fourth-order valence-electron chi connectivity index (χ4n) is 2.39. The molecule has 0 saturated carbocycles. The Labute approximate surface area is 149 Å². The van der Waals surface area contributed by atoms with Crippen molar-refractivity contribution in [2.24, 2.45) is 0 Å². The summed E-state index contributed by atoms with van der Waals surface area (Å²) in [4.78, 5) is 20.5. The van der Waals surface area contributed by atoms with E-state index in [0.717, 1.165) is 11.4 Å². The zero-order valence-electron chi connectivity index (χ0n) is 13.5. The highest BCUT2D eigenvalue weighted by Crippen LogP contribution is 2.26. The molecule has 1 amide bonds. The first kappa shape index (κ1) is 16.8. The minimum absolute atomic E-state index is 0.0507. The minimum atomic E-state index is -0.0507. The predicted octanol–water partition coefficient (Wildman–Crippen LogP) is 1.94. The monoisotopic (exact) mass is 353 g/mol. The van der Waals surface area contributed by atoms with Gasteiger partial charge in [-0.15, -0.1) is 0 Å². The van der Waals surface area contributed by atoms with Crippen LogP contribution in [0.3, 0.4) is 0 Å². The second kappa shape index (κ2) is 7.67. The number of nitrogens with two attached hydrogens (primary N) is 2. The number of nitrogens with one attached hydrogen (secondary N) is 2. The van der Waals surface area contributed by atoms with Gasteiger partial charge in [-0.25, -0.2) is 0 Å². The van der Waals surface area contributed by atoms with Crippen LogP contribution in [0.25, 0.3) is 0 Å². The summed E-state index contributed by atoms with van der Waals surface area (Å²) in [6.07, 6.45) is 0. The molecular formula is C18H19N5OS+2. The Morgan fingerprint density at radius 2 is 1.36 bits per heavy atom. The van der Waals surface area contributed by atoms with E-state index in [2.05, 4.69) is 9.97 Å². The fourth-order valence-corrected chi connectivity index (χ4v) is 3.17. The van der Waals surface area contributed by atoms with Gasteiger partial charge in [0.25, 0.3) is 0 Å². The molecule has 0 aliphatic heterocycles. The van der Waals surface area contributed by atoms with Gasteiger partial charge < -0.3 is 5.73 Å². The van der Waals surface area contributed by atoms with Crippen LogP contribution in [0.5, 0.6) is 0 Å². The minimum Gasteiger partial charge on any atom is -0.359 e. The van der Waals surface area contributed by atoms with Crippen LogP contribution in [0.2, 0.25) is 0 Å². The molecule has 1 aromatic heterocycles. The van der Waals surface area contributed by atoms with Crippen molar-refractivity contribution < 1.29 is 14.8 Å². The lowest BCUT2D eigenvalue weighted by molar-refractivity contribution is -0.590. The number of H-pyrrole nitrogens is 2. The summed E-state index contributed by atoms with van der Waals surface area (Å²) in [5.74, 6) is 1.05. The number of nitrogen functional groups attached to an aromatic ring is 2. The highest BCUT2D eigenvalue weighted by Gasteiger charge is 2.20. The molecule has 0 atom stereocenters. The molecule has 25 heavy (non-hydrogen) atoms. The number of thioether (sulfide) groups is 1. The summed E-state index contributed by atoms with van der Waals surface area (Å²) in [6, 6.07) is 20.7. The number of anilines is 4. The van der Waals surface area contributed by atoms with Crippen molar-refractivity contribution in [2.75, 3.05) is 22.1 Å². The summed E-state index contributed by atoms with van der Waals surface area (Å²) in [7, 11) is 0. The van der Waals surface area contributed by atoms with Crippen molar-refractivity contribution in [3.05, 3.63) is 66.7 Å². The Bertz CT molecular complexity index is 798. The zero-order valence-corrected chi connectivity index (χ0v) is 14.3. The van der Waals surface area contributed by atoms with Crippen molar-refractivity contribution in [1.82, 2.24) is 0 Å². The molecule has 7 heteroatoms. The van der Waals surface area contributed by atoms with E-state index in [4.69, 9.17) is 11.5 Å². The number of benzene rings is 2. The van der Waals surface area contributed by atoms with Crippen LogP contribution in [0.1, 0.15) is 0 Å². The molecule has 3 aromatic rings. The number of hydrogen-bond acceptors (Lipinski definition) is 4. The maximum atomic E-state index is 12.9. The Balaban J connectivity index is 1.82. The second-order valence-electron chi connectivity index (χ2n) is 5.32. The van der Waals surface area contributed by atoms with Gasteiger partial charge in [-0.2, -0.15) is 9.97 Å². The van der Waals surface area contributed by atoms with Gasteiger partial charge in [0.05, 0.1) is 5.75 Å². The molecule has 2 aromatic carbocycles. The van der Waals surface area contributed by atoms with Gasteiger partial charge in [0, 0.05) is 11.4 Å². The molecule has 6 N–H and O–H groups in total. The SMILES string of the molecule is Nc1cc(N)[nH+]c(SCC(=O)N(c2ccccc2)c2ccccc2)[nH+]1. The van der Waals surface area contributed by atoms with Gasteiger partial charge in [-0.1, -0.05) is 36.4 Å². The summed E-state index contributed by atoms with van der Waals surface area (Å²) in [5.41, 5.74) is 13.1. The third-order valence-corrected chi connectivity index (χ3v) is 4.33. The van der Waals surface area contributed by atoms with E-state index in [-0.39, 0.29) is 11.7 Å². The largest absolute Gasteiger partial charge is 0.375 e. The van der Waals surface area contributed by atoms with Crippen LogP contribution in [-0.2, 0) is 4.79 Å². The molecule has 0 bridgehead atoms. The molecule has 0 radical (unpaired) electrons. The van der Waals surface area contributed by atoms with Crippen molar-refractivity contribution in [2.45, 2.75) is 5.16 Å². The number of aromatic amines is 2. The van der Waals surface area contributed by atoms with Crippen molar-refractivity contribution in [1.29, 1.82) is 0 Å². The Kier molecular flexibility index (Phi) is 5.15. The number of rotatable bonds is 5. The van der Waals surface area contributed by atoms with E-state index in [9.17, 15) is 4.79 Å². The summed E-state index contributed by atoms with van der Waals surface area (Å²) in [5, 5.41) is 0.631. The quantitative estimate of drug-likeness (QED) is 0.541. The Morgan fingerprint density at radius 1 is 0.880 bits per heavy atom. The summed E-state index contributed by atoms with van der Waals surface area (Å²) >= 11 is 1.31. The highest BCUT2D eigenvalue weighted by atomic mass is 32.2. The van der Waals surface area contributed by atoms with Gasteiger partial charge in [0.2, 0.25) is 11.7 Å². The third kappa shape index (κ3) is 4.27. The molecule has 0 aliphatic rings. The number of aromatic nitrogens is 2.